The van der Waals surface area contributed by atoms with Gasteiger partial charge in [-0.1, -0.05) is 157 Å². The lowest BCUT2D eigenvalue weighted by atomic mass is 10.1. The SMILES string of the molecule is CC/C=C\C/C=C\C/C=C\CCCCCC(=O)OCC(COC(OCC[N+](C)(C)C)C(=O)O)OC(=O)CCCCCCCCCC/C=C\C/C=C\C/C=C\CCCCCCC. The number of allylic oxidation sites excluding steroid dienone is 12. The van der Waals surface area contributed by atoms with Crippen LogP contribution < -0.4 is 0 Å². The number of unbranched alkanes of at least 4 members (excludes halogenated alkanes) is 16. The summed E-state index contributed by atoms with van der Waals surface area (Å²) in [6, 6.07) is 0. The molecule has 1 N–H and O–H groups in total. The van der Waals surface area contributed by atoms with Crippen molar-refractivity contribution in [3.63, 3.8) is 0 Å². The Morgan fingerprint density at radius 3 is 1.41 bits per heavy atom. The molecular weight excluding hydrogens is 767 g/mol. The number of carbonyl (C=O) groups excluding carboxylic acids is 2. The number of quaternary nitrogens is 1. The lowest BCUT2D eigenvalue weighted by molar-refractivity contribution is -0.870. The van der Waals surface area contributed by atoms with E-state index in [0.717, 1.165) is 77.0 Å². The van der Waals surface area contributed by atoms with Crippen LogP contribution in [0.5, 0.6) is 0 Å². The van der Waals surface area contributed by atoms with Gasteiger partial charge in [-0.25, -0.2) is 4.79 Å². The largest absolute Gasteiger partial charge is 0.477 e. The number of hydrogen-bond acceptors (Lipinski definition) is 7. The highest BCUT2D eigenvalue weighted by atomic mass is 16.7. The van der Waals surface area contributed by atoms with Crippen molar-refractivity contribution in [2.75, 3.05) is 47.5 Å². The van der Waals surface area contributed by atoms with E-state index in [1.54, 1.807) is 0 Å². The molecule has 0 amide bonds. The van der Waals surface area contributed by atoms with Crippen LogP contribution in [-0.4, -0.2) is 87.4 Å². The third kappa shape index (κ3) is 44.6. The first-order valence-electron chi connectivity index (χ1n) is 24.1. The van der Waals surface area contributed by atoms with Crippen LogP contribution in [-0.2, 0) is 33.3 Å². The maximum Gasteiger partial charge on any atom is 0.361 e. The van der Waals surface area contributed by atoms with Crippen molar-refractivity contribution in [1.82, 2.24) is 0 Å². The van der Waals surface area contributed by atoms with Crippen LogP contribution in [0.25, 0.3) is 0 Å². The highest BCUT2D eigenvalue weighted by Gasteiger charge is 2.25. The van der Waals surface area contributed by atoms with Crippen LogP contribution >= 0.6 is 0 Å². The molecule has 0 heterocycles. The Hall–Kier alpha value is -3.27. The van der Waals surface area contributed by atoms with Crippen LogP contribution in [0.3, 0.4) is 0 Å². The van der Waals surface area contributed by atoms with Gasteiger partial charge in [0.1, 0.15) is 13.2 Å². The van der Waals surface area contributed by atoms with Gasteiger partial charge >= 0.3 is 17.9 Å². The molecule has 0 aliphatic heterocycles. The number of rotatable bonds is 43. The Morgan fingerprint density at radius 1 is 0.508 bits per heavy atom. The molecular formula is C52H90NO8+. The van der Waals surface area contributed by atoms with Crippen molar-refractivity contribution in [3.8, 4) is 0 Å². The minimum absolute atomic E-state index is 0.178. The van der Waals surface area contributed by atoms with E-state index in [-0.39, 0.29) is 38.6 Å². The van der Waals surface area contributed by atoms with Gasteiger partial charge in [0.2, 0.25) is 0 Å². The number of esters is 2. The van der Waals surface area contributed by atoms with Gasteiger partial charge in [0.05, 0.1) is 34.4 Å². The van der Waals surface area contributed by atoms with E-state index in [2.05, 4.69) is 86.8 Å². The number of nitrogens with zero attached hydrogens (tertiary/aromatic N) is 1. The zero-order valence-electron chi connectivity index (χ0n) is 39.5. The minimum Gasteiger partial charge on any atom is -0.477 e. The molecule has 2 atom stereocenters. The molecule has 0 aliphatic rings. The van der Waals surface area contributed by atoms with Gasteiger partial charge in [0.15, 0.2) is 6.10 Å². The van der Waals surface area contributed by atoms with Gasteiger partial charge in [-0.2, -0.15) is 0 Å². The molecule has 61 heavy (non-hydrogen) atoms. The first-order chi connectivity index (χ1) is 29.6. The molecule has 0 fully saturated rings. The zero-order valence-corrected chi connectivity index (χ0v) is 39.5. The first kappa shape index (κ1) is 57.7. The maximum absolute atomic E-state index is 12.8. The second-order valence-corrected chi connectivity index (χ2v) is 17.0. The summed E-state index contributed by atoms with van der Waals surface area (Å²) in [7, 11) is 5.94. The number of likely N-dealkylation sites (N-methyl/N-ethyl adjacent to an activating group) is 1. The van der Waals surface area contributed by atoms with Crippen molar-refractivity contribution in [2.45, 2.75) is 193 Å². The highest BCUT2D eigenvalue weighted by molar-refractivity contribution is 5.71. The normalized spacial score (nSPS) is 13.5. The summed E-state index contributed by atoms with van der Waals surface area (Å²) in [6.07, 6.45) is 51.1. The summed E-state index contributed by atoms with van der Waals surface area (Å²) in [6.45, 7) is 4.68. The molecule has 0 spiro atoms. The van der Waals surface area contributed by atoms with Gasteiger partial charge in [0, 0.05) is 12.8 Å². The number of carboxylic acid groups (broad SMARTS) is 1. The summed E-state index contributed by atoms with van der Waals surface area (Å²) in [5, 5.41) is 9.65. The molecule has 2 unspecified atom stereocenters. The molecule has 0 bridgehead atoms. The quantitative estimate of drug-likeness (QED) is 0.0212. The highest BCUT2D eigenvalue weighted by Crippen LogP contribution is 2.13. The lowest BCUT2D eigenvalue weighted by Crippen LogP contribution is -2.40. The summed E-state index contributed by atoms with van der Waals surface area (Å²) in [5.74, 6) is -2.06. The van der Waals surface area contributed by atoms with Crippen LogP contribution in [0, 0.1) is 0 Å². The minimum atomic E-state index is -1.52. The number of aliphatic carboxylic acids is 1. The van der Waals surface area contributed by atoms with E-state index in [9.17, 15) is 19.5 Å². The van der Waals surface area contributed by atoms with E-state index >= 15 is 0 Å². The fourth-order valence-corrected chi connectivity index (χ4v) is 6.21. The lowest BCUT2D eigenvalue weighted by Gasteiger charge is -2.25. The molecule has 0 saturated heterocycles. The third-order valence-electron chi connectivity index (χ3n) is 9.95. The maximum atomic E-state index is 12.8. The number of carboxylic acids is 1. The zero-order chi connectivity index (χ0) is 44.9. The van der Waals surface area contributed by atoms with Gasteiger partial charge in [-0.15, -0.1) is 0 Å². The molecule has 350 valence electrons. The van der Waals surface area contributed by atoms with Crippen molar-refractivity contribution in [1.29, 1.82) is 0 Å². The Morgan fingerprint density at radius 2 is 0.934 bits per heavy atom. The molecule has 0 rings (SSSR count). The molecule has 0 radical (unpaired) electrons. The Labute approximate surface area is 373 Å². The molecule has 9 nitrogen and oxygen atoms in total. The fourth-order valence-electron chi connectivity index (χ4n) is 6.21. The third-order valence-corrected chi connectivity index (χ3v) is 9.95. The monoisotopic (exact) mass is 857 g/mol. The van der Waals surface area contributed by atoms with Crippen molar-refractivity contribution in [3.05, 3.63) is 72.9 Å². The van der Waals surface area contributed by atoms with E-state index in [1.165, 1.54) is 64.2 Å². The smallest absolute Gasteiger partial charge is 0.361 e. The van der Waals surface area contributed by atoms with Crippen molar-refractivity contribution < 1.29 is 42.9 Å². The Balaban J connectivity index is 4.40. The van der Waals surface area contributed by atoms with Crippen LogP contribution in [0.15, 0.2) is 72.9 Å². The summed E-state index contributed by atoms with van der Waals surface area (Å²) >= 11 is 0. The number of ether oxygens (including phenoxy) is 4. The molecule has 0 aromatic heterocycles. The summed E-state index contributed by atoms with van der Waals surface area (Å²) < 4.78 is 22.7. The average molecular weight is 857 g/mol. The number of carbonyl (C=O) groups is 3. The Bertz CT molecular complexity index is 1230. The molecule has 0 aliphatic carbocycles. The van der Waals surface area contributed by atoms with Gasteiger partial charge in [-0.05, 0) is 83.5 Å². The van der Waals surface area contributed by atoms with Crippen molar-refractivity contribution in [2.24, 2.45) is 0 Å². The molecule has 0 aromatic carbocycles. The molecule has 9 heteroatoms. The Kier molecular flexibility index (Phi) is 41.1. The van der Waals surface area contributed by atoms with Gasteiger partial charge in [-0.3, -0.25) is 9.59 Å². The standard InChI is InChI=1S/C52H89NO8/c1-6-8-10-12-14-16-18-20-21-22-23-24-25-26-27-28-29-31-33-35-37-39-41-43-50(55)61-48(47-60-52(51(56)57)58-45-44-53(3,4)5)46-59-49(54)42-40-38-36-34-32-30-19-17-15-13-11-9-7-2/h9,11,15,17-18,20,22-23,25-26,30,32,48,52H,6-8,10,12-14,16,19,21,24,27-29,31,33-47H2,1-5H3/p+1/b11-9-,17-15-,20-18-,23-22-,26-25-,32-30-. The number of hydrogen-bond donors (Lipinski definition) is 1. The predicted molar refractivity (Wildman–Crippen MR) is 253 cm³/mol. The van der Waals surface area contributed by atoms with Crippen LogP contribution in [0.2, 0.25) is 0 Å². The molecule has 0 aromatic rings. The van der Waals surface area contributed by atoms with Gasteiger partial charge in [0.25, 0.3) is 6.29 Å². The average Bonchev–Trinajstić information content (AvgIpc) is 3.22. The van der Waals surface area contributed by atoms with E-state index < -0.39 is 24.3 Å². The fraction of sp³-hybridized carbons (Fsp3) is 0.712. The van der Waals surface area contributed by atoms with Crippen LogP contribution in [0.4, 0.5) is 0 Å². The topological polar surface area (TPSA) is 108 Å². The van der Waals surface area contributed by atoms with Crippen LogP contribution in [0.1, 0.15) is 181 Å². The second kappa shape index (κ2) is 43.4. The first-order valence-corrected chi connectivity index (χ1v) is 24.1. The summed E-state index contributed by atoms with van der Waals surface area (Å²) in [5.41, 5.74) is 0. The van der Waals surface area contributed by atoms with E-state index in [1.807, 2.05) is 21.1 Å². The van der Waals surface area contributed by atoms with E-state index in [4.69, 9.17) is 18.9 Å². The molecule has 0 saturated carbocycles. The van der Waals surface area contributed by atoms with Gasteiger partial charge < -0.3 is 28.5 Å². The predicted octanol–water partition coefficient (Wildman–Crippen LogP) is 13.1. The van der Waals surface area contributed by atoms with E-state index in [0.29, 0.717) is 23.9 Å². The second-order valence-electron chi connectivity index (χ2n) is 17.0. The van der Waals surface area contributed by atoms with Crippen molar-refractivity contribution >= 4 is 17.9 Å². The summed E-state index contributed by atoms with van der Waals surface area (Å²) in [4.78, 5) is 37.2.